The molecule has 0 aliphatic heterocycles. The van der Waals surface area contributed by atoms with Crippen molar-refractivity contribution in [1.29, 1.82) is 0 Å². The van der Waals surface area contributed by atoms with Crippen molar-refractivity contribution in [3.05, 3.63) is 47.4 Å². The van der Waals surface area contributed by atoms with E-state index in [1.165, 1.54) is 35.7 Å². The number of sulfonamides is 1. The third kappa shape index (κ3) is 3.09. The number of nitrogens with one attached hydrogen (secondary N) is 2. The summed E-state index contributed by atoms with van der Waals surface area (Å²) in [5.41, 5.74) is 4.84. The predicted octanol–water partition coefficient (Wildman–Crippen LogP) is 2.74. The molecule has 0 saturated carbocycles. The van der Waals surface area contributed by atoms with Crippen LogP contribution in [0.5, 0.6) is 0 Å². The maximum atomic E-state index is 12.4. The second-order valence-corrected chi connectivity index (χ2v) is 8.29. The van der Waals surface area contributed by atoms with Crippen molar-refractivity contribution in [1.82, 2.24) is 19.5 Å². The summed E-state index contributed by atoms with van der Waals surface area (Å²) in [4.78, 5) is 3.70. The fourth-order valence-corrected chi connectivity index (χ4v) is 4.45. The Morgan fingerprint density at radius 2 is 2.12 bits per heavy atom. The average Bonchev–Trinajstić information content (AvgIpc) is 3.25. The van der Waals surface area contributed by atoms with Crippen molar-refractivity contribution >= 4 is 20.9 Å². The van der Waals surface area contributed by atoms with Gasteiger partial charge in [0.15, 0.2) is 0 Å². The minimum Gasteiger partial charge on any atom is -0.358 e. The van der Waals surface area contributed by atoms with E-state index in [2.05, 4.69) is 20.9 Å². The van der Waals surface area contributed by atoms with E-state index in [9.17, 15) is 8.42 Å². The van der Waals surface area contributed by atoms with E-state index in [0.29, 0.717) is 6.54 Å². The van der Waals surface area contributed by atoms with Gasteiger partial charge in [0.25, 0.3) is 0 Å². The minimum atomic E-state index is -3.55. The van der Waals surface area contributed by atoms with Crippen LogP contribution < -0.4 is 4.72 Å². The first-order chi connectivity index (χ1) is 12.1. The lowest BCUT2D eigenvalue weighted by Gasteiger charge is -2.10. The fraction of sp³-hybridized carbons (Fsp3) is 0.389. The van der Waals surface area contributed by atoms with Gasteiger partial charge in [-0.05, 0) is 55.9 Å². The fourth-order valence-electron chi connectivity index (χ4n) is 3.48. The molecule has 2 aromatic heterocycles. The molecule has 0 unspecified atom stereocenters. The van der Waals surface area contributed by atoms with E-state index >= 15 is 0 Å². The van der Waals surface area contributed by atoms with Crippen molar-refractivity contribution in [2.24, 2.45) is 0 Å². The van der Waals surface area contributed by atoms with Crippen molar-refractivity contribution < 1.29 is 8.42 Å². The quantitative estimate of drug-likeness (QED) is 0.736. The average molecular weight is 358 g/mol. The van der Waals surface area contributed by atoms with Crippen molar-refractivity contribution in [2.75, 3.05) is 0 Å². The second kappa shape index (κ2) is 6.31. The molecule has 132 valence electrons. The highest BCUT2D eigenvalue weighted by Gasteiger charge is 2.18. The molecule has 0 saturated heterocycles. The molecule has 1 aliphatic carbocycles. The summed E-state index contributed by atoms with van der Waals surface area (Å²) in [6.07, 6.45) is 7.59. The molecule has 0 bridgehead atoms. The Balaban J connectivity index is 1.56. The number of benzene rings is 1. The SMILES string of the molecule is CCn1cc(S(=O)(=O)NCc2ccc3[nH]c4c(c3c2)CCCC4)cn1. The lowest BCUT2D eigenvalue weighted by Crippen LogP contribution is -2.22. The molecule has 4 rings (SSSR count). The Hall–Kier alpha value is -2.12. The largest absolute Gasteiger partial charge is 0.358 e. The zero-order valence-corrected chi connectivity index (χ0v) is 15.1. The molecule has 0 spiro atoms. The molecule has 3 aromatic rings. The van der Waals surface area contributed by atoms with E-state index in [-0.39, 0.29) is 11.4 Å². The van der Waals surface area contributed by atoms with Gasteiger partial charge < -0.3 is 4.98 Å². The van der Waals surface area contributed by atoms with Gasteiger partial charge in [0, 0.05) is 35.9 Å². The Kier molecular flexibility index (Phi) is 4.13. The van der Waals surface area contributed by atoms with Crippen LogP contribution in [0.15, 0.2) is 35.5 Å². The van der Waals surface area contributed by atoms with Crippen molar-refractivity contribution in [3.8, 4) is 0 Å². The summed E-state index contributed by atoms with van der Waals surface area (Å²) >= 11 is 0. The number of fused-ring (bicyclic) bond motifs is 3. The number of nitrogens with zero attached hydrogens (tertiary/aromatic N) is 2. The van der Waals surface area contributed by atoms with E-state index in [4.69, 9.17) is 0 Å². The van der Waals surface area contributed by atoms with Gasteiger partial charge in [-0.3, -0.25) is 4.68 Å². The number of H-pyrrole nitrogens is 1. The van der Waals surface area contributed by atoms with Gasteiger partial charge in [-0.25, -0.2) is 13.1 Å². The predicted molar refractivity (Wildman–Crippen MR) is 96.9 cm³/mol. The monoisotopic (exact) mass is 358 g/mol. The van der Waals surface area contributed by atoms with Gasteiger partial charge in [0.2, 0.25) is 10.0 Å². The van der Waals surface area contributed by atoms with Gasteiger partial charge in [0.1, 0.15) is 4.90 Å². The van der Waals surface area contributed by atoms with Gasteiger partial charge in [0.05, 0.1) is 6.20 Å². The van der Waals surface area contributed by atoms with Crippen LogP contribution in [0.1, 0.15) is 36.6 Å². The first-order valence-corrected chi connectivity index (χ1v) is 10.2. The highest BCUT2D eigenvalue weighted by Crippen LogP contribution is 2.29. The third-order valence-electron chi connectivity index (χ3n) is 4.87. The molecular weight excluding hydrogens is 336 g/mol. The molecular formula is C18H22N4O2S. The molecule has 1 aliphatic rings. The minimum absolute atomic E-state index is 0.203. The molecule has 25 heavy (non-hydrogen) atoms. The van der Waals surface area contributed by atoms with Gasteiger partial charge in [-0.15, -0.1) is 0 Å². The molecule has 6 nitrogen and oxygen atoms in total. The summed E-state index contributed by atoms with van der Waals surface area (Å²) in [5, 5.41) is 5.26. The highest BCUT2D eigenvalue weighted by molar-refractivity contribution is 7.89. The van der Waals surface area contributed by atoms with E-state index in [0.717, 1.165) is 23.9 Å². The Labute approximate surface area is 147 Å². The number of aryl methyl sites for hydroxylation is 3. The highest BCUT2D eigenvalue weighted by atomic mass is 32.2. The zero-order chi connectivity index (χ0) is 17.4. The molecule has 0 amide bonds. The Morgan fingerprint density at radius 3 is 2.92 bits per heavy atom. The number of aromatic amines is 1. The number of rotatable bonds is 5. The van der Waals surface area contributed by atoms with Crippen LogP contribution in [0.2, 0.25) is 0 Å². The van der Waals surface area contributed by atoms with Crippen LogP contribution in [0, 0.1) is 0 Å². The number of hydrogen-bond donors (Lipinski definition) is 2. The Morgan fingerprint density at radius 1 is 1.28 bits per heavy atom. The van der Waals surface area contributed by atoms with E-state index < -0.39 is 10.0 Å². The summed E-state index contributed by atoms with van der Waals surface area (Å²) in [7, 11) is -3.55. The summed E-state index contributed by atoms with van der Waals surface area (Å²) in [6.45, 7) is 2.84. The molecule has 2 N–H and O–H groups in total. The second-order valence-electron chi connectivity index (χ2n) is 6.53. The molecule has 1 aromatic carbocycles. The summed E-state index contributed by atoms with van der Waals surface area (Å²) in [5.74, 6) is 0. The molecule has 7 heteroatoms. The van der Waals surface area contributed by atoms with Crippen LogP contribution >= 0.6 is 0 Å². The first kappa shape index (κ1) is 16.4. The number of hydrogen-bond acceptors (Lipinski definition) is 3. The summed E-state index contributed by atoms with van der Waals surface area (Å²) in [6, 6.07) is 6.13. The molecule has 2 heterocycles. The van der Waals surface area contributed by atoms with Gasteiger partial charge in [-0.1, -0.05) is 6.07 Å². The van der Waals surface area contributed by atoms with Crippen LogP contribution in [-0.2, 0) is 36.0 Å². The van der Waals surface area contributed by atoms with E-state index in [1.54, 1.807) is 10.9 Å². The van der Waals surface area contributed by atoms with Crippen LogP contribution in [0.3, 0.4) is 0 Å². The zero-order valence-electron chi connectivity index (χ0n) is 14.2. The summed E-state index contributed by atoms with van der Waals surface area (Å²) < 4.78 is 29.1. The van der Waals surface area contributed by atoms with Crippen molar-refractivity contribution in [3.63, 3.8) is 0 Å². The van der Waals surface area contributed by atoms with Gasteiger partial charge >= 0.3 is 0 Å². The first-order valence-electron chi connectivity index (χ1n) is 8.71. The third-order valence-corrected chi connectivity index (χ3v) is 6.23. The lowest BCUT2D eigenvalue weighted by molar-refractivity contribution is 0.581. The topological polar surface area (TPSA) is 79.8 Å². The van der Waals surface area contributed by atoms with E-state index in [1.807, 2.05) is 19.1 Å². The maximum Gasteiger partial charge on any atom is 0.243 e. The van der Waals surface area contributed by atoms with Crippen LogP contribution in [-0.4, -0.2) is 23.2 Å². The maximum absolute atomic E-state index is 12.4. The molecule has 0 atom stereocenters. The van der Waals surface area contributed by atoms with Crippen LogP contribution in [0.25, 0.3) is 10.9 Å². The lowest BCUT2D eigenvalue weighted by atomic mass is 9.95. The van der Waals surface area contributed by atoms with Crippen molar-refractivity contribution in [2.45, 2.75) is 50.6 Å². The normalized spacial score (nSPS) is 14.8. The Bertz CT molecular complexity index is 1020. The smallest absolute Gasteiger partial charge is 0.243 e. The molecule has 0 radical (unpaired) electrons. The standard InChI is InChI=1S/C18H22N4O2S/c1-2-22-12-14(11-19-22)25(23,24)20-10-13-7-8-18-16(9-13)15-5-3-4-6-17(15)21-18/h7-9,11-12,20-21H,2-6,10H2,1H3. The van der Waals surface area contributed by atoms with Gasteiger partial charge in [-0.2, -0.15) is 5.10 Å². The molecule has 0 fully saturated rings. The van der Waals surface area contributed by atoms with Crippen LogP contribution in [0.4, 0.5) is 0 Å². The number of aromatic nitrogens is 3.